The molecule has 0 aromatic heterocycles. The Labute approximate surface area is 73.1 Å². The van der Waals surface area contributed by atoms with Crippen LogP contribution in [-0.4, -0.2) is 24.1 Å². The molecule has 0 fully saturated rings. The molecule has 12 heavy (non-hydrogen) atoms. The molecule has 4 nitrogen and oxygen atoms in total. The molecule has 1 unspecified atom stereocenters. The fraction of sp³-hybridized carbons (Fsp3) is 0.625. The number of nitrogens with zero attached hydrogens (tertiary/aromatic N) is 1. The van der Waals surface area contributed by atoms with E-state index >= 15 is 0 Å². The zero-order valence-electron chi connectivity index (χ0n) is 7.67. The molecule has 0 bridgehead atoms. The minimum Gasteiger partial charge on any atom is -0.409 e. The summed E-state index contributed by atoms with van der Waals surface area (Å²) in [7, 11) is 0. The Bertz CT molecular complexity index is 177. The molecular formula is C8H17N3O. The van der Waals surface area contributed by atoms with E-state index in [0.717, 1.165) is 12.1 Å². The lowest BCUT2D eigenvalue weighted by Gasteiger charge is -2.10. The van der Waals surface area contributed by atoms with Gasteiger partial charge in [-0.15, -0.1) is 0 Å². The first-order valence-electron chi connectivity index (χ1n) is 3.90. The molecule has 0 saturated carbocycles. The summed E-state index contributed by atoms with van der Waals surface area (Å²) in [5, 5.41) is 14.4. The van der Waals surface area contributed by atoms with Crippen molar-refractivity contribution in [3.05, 3.63) is 12.2 Å². The van der Waals surface area contributed by atoms with Gasteiger partial charge in [0.05, 0.1) is 0 Å². The molecule has 0 radical (unpaired) electrons. The Kier molecular flexibility index (Phi) is 5.12. The lowest BCUT2D eigenvalue weighted by Crippen LogP contribution is -2.31. The molecule has 0 aliphatic carbocycles. The van der Waals surface area contributed by atoms with Crippen molar-refractivity contribution in [1.29, 1.82) is 0 Å². The number of nitrogens with one attached hydrogen (secondary N) is 1. The van der Waals surface area contributed by atoms with Crippen LogP contribution in [-0.2, 0) is 0 Å². The maximum absolute atomic E-state index is 8.33. The number of hydrogen-bond donors (Lipinski definition) is 3. The van der Waals surface area contributed by atoms with Crippen molar-refractivity contribution in [3.63, 3.8) is 0 Å². The average Bonchev–Trinajstić information content (AvgIpc) is 2.02. The van der Waals surface area contributed by atoms with Gasteiger partial charge in [0.1, 0.15) is 5.84 Å². The third-order valence-electron chi connectivity index (χ3n) is 1.50. The van der Waals surface area contributed by atoms with Crippen LogP contribution in [0.2, 0.25) is 0 Å². The smallest absolute Gasteiger partial charge is 0.143 e. The van der Waals surface area contributed by atoms with Crippen molar-refractivity contribution in [1.82, 2.24) is 5.32 Å². The molecule has 4 N–H and O–H groups in total. The van der Waals surface area contributed by atoms with E-state index in [2.05, 4.69) is 17.1 Å². The Balaban J connectivity index is 3.57. The number of nitrogens with two attached hydrogens (primary N) is 1. The molecule has 4 heteroatoms. The molecular weight excluding hydrogens is 154 g/mol. The third kappa shape index (κ3) is 4.73. The van der Waals surface area contributed by atoms with Crippen LogP contribution in [0.15, 0.2) is 17.3 Å². The zero-order chi connectivity index (χ0) is 9.56. The molecule has 0 saturated heterocycles. The van der Waals surface area contributed by atoms with Gasteiger partial charge in [-0.05, 0) is 6.92 Å². The maximum atomic E-state index is 8.33. The second-order valence-corrected chi connectivity index (χ2v) is 3.01. The maximum Gasteiger partial charge on any atom is 0.143 e. The summed E-state index contributed by atoms with van der Waals surface area (Å²) in [6, 6.07) is 0. The van der Waals surface area contributed by atoms with Gasteiger partial charge in [-0.3, -0.25) is 0 Å². The number of hydrogen-bond acceptors (Lipinski definition) is 3. The van der Waals surface area contributed by atoms with Gasteiger partial charge in [0.2, 0.25) is 0 Å². The SMILES string of the molecule is C=C(C)CNCC(C)C(N)=NO. The standard InChI is InChI=1S/C8H17N3O/c1-6(2)4-10-5-7(3)8(9)11-12/h7,10,12H,1,4-5H2,2-3H3,(H2,9,11). The summed E-state index contributed by atoms with van der Waals surface area (Å²) < 4.78 is 0. The lowest BCUT2D eigenvalue weighted by atomic mass is 10.1. The monoisotopic (exact) mass is 171 g/mol. The van der Waals surface area contributed by atoms with E-state index in [1.54, 1.807) is 0 Å². The van der Waals surface area contributed by atoms with Crippen LogP contribution in [0, 0.1) is 5.92 Å². The highest BCUT2D eigenvalue weighted by Crippen LogP contribution is 1.92. The number of rotatable bonds is 5. The second kappa shape index (κ2) is 5.60. The van der Waals surface area contributed by atoms with E-state index in [1.807, 2.05) is 13.8 Å². The summed E-state index contributed by atoms with van der Waals surface area (Å²) in [6.07, 6.45) is 0. The normalized spacial score (nSPS) is 14.3. The van der Waals surface area contributed by atoms with Gasteiger partial charge in [-0.2, -0.15) is 0 Å². The van der Waals surface area contributed by atoms with Gasteiger partial charge in [-0.1, -0.05) is 24.2 Å². The van der Waals surface area contributed by atoms with Crippen molar-refractivity contribution >= 4 is 5.84 Å². The average molecular weight is 171 g/mol. The van der Waals surface area contributed by atoms with Crippen LogP contribution in [0.1, 0.15) is 13.8 Å². The van der Waals surface area contributed by atoms with E-state index in [1.165, 1.54) is 0 Å². The van der Waals surface area contributed by atoms with Crippen molar-refractivity contribution in [2.45, 2.75) is 13.8 Å². The molecule has 0 aliphatic rings. The van der Waals surface area contributed by atoms with Gasteiger partial charge in [0, 0.05) is 19.0 Å². The molecule has 0 amide bonds. The van der Waals surface area contributed by atoms with E-state index in [4.69, 9.17) is 10.9 Å². The minimum atomic E-state index is 0.0503. The Hall–Kier alpha value is -1.03. The largest absolute Gasteiger partial charge is 0.409 e. The van der Waals surface area contributed by atoms with Gasteiger partial charge in [0.15, 0.2) is 0 Å². The highest BCUT2D eigenvalue weighted by molar-refractivity contribution is 5.82. The fourth-order valence-electron chi connectivity index (χ4n) is 0.705. The molecule has 0 heterocycles. The van der Waals surface area contributed by atoms with Gasteiger partial charge < -0.3 is 16.3 Å². The topological polar surface area (TPSA) is 70.6 Å². The van der Waals surface area contributed by atoms with Crippen molar-refractivity contribution < 1.29 is 5.21 Å². The van der Waals surface area contributed by atoms with E-state index in [9.17, 15) is 0 Å². The summed E-state index contributed by atoms with van der Waals surface area (Å²) in [5.74, 6) is 0.304. The van der Waals surface area contributed by atoms with Crippen molar-refractivity contribution in [2.75, 3.05) is 13.1 Å². The van der Waals surface area contributed by atoms with Crippen LogP contribution in [0.25, 0.3) is 0 Å². The molecule has 0 aromatic carbocycles. The molecule has 70 valence electrons. The van der Waals surface area contributed by atoms with Crippen LogP contribution >= 0.6 is 0 Å². The lowest BCUT2D eigenvalue weighted by molar-refractivity contribution is 0.314. The Morgan fingerprint density at radius 2 is 2.33 bits per heavy atom. The summed E-state index contributed by atoms with van der Waals surface area (Å²) >= 11 is 0. The van der Waals surface area contributed by atoms with E-state index in [-0.39, 0.29) is 11.8 Å². The molecule has 0 spiro atoms. The van der Waals surface area contributed by atoms with Crippen LogP contribution in [0.4, 0.5) is 0 Å². The van der Waals surface area contributed by atoms with E-state index < -0.39 is 0 Å². The third-order valence-corrected chi connectivity index (χ3v) is 1.50. The van der Waals surface area contributed by atoms with Crippen LogP contribution in [0.3, 0.4) is 0 Å². The second-order valence-electron chi connectivity index (χ2n) is 3.01. The van der Waals surface area contributed by atoms with Crippen molar-refractivity contribution in [2.24, 2.45) is 16.8 Å². The van der Waals surface area contributed by atoms with Crippen molar-refractivity contribution in [3.8, 4) is 0 Å². The highest BCUT2D eigenvalue weighted by atomic mass is 16.4. The Morgan fingerprint density at radius 3 is 2.75 bits per heavy atom. The number of amidine groups is 1. The predicted molar refractivity (Wildman–Crippen MR) is 50.3 cm³/mol. The molecule has 0 aliphatic heterocycles. The van der Waals surface area contributed by atoms with Gasteiger partial charge in [0.25, 0.3) is 0 Å². The fourth-order valence-corrected chi connectivity index (χ4v) is 0.705. The molecule has 0 aromatic rings. The number of oxime groups is 1. The minimum absolute atomic E-state index is 0.0503. The van der Waals surface area contributed by atoms with Crippen LogP contribution < -0.4 is 11.1 Å². The molecule has 1 atom stereocenters. The highest BCUT2D eigenvalue weighted by Gasteiger charge is 2.05. The first-order chi connectivity index (χ1) is 5.57. The van der Waals surface area contributed by atoms with Crippen LogP contribution in [0.5, 0.6) is 0 Å². The first-order valence-corrected chi connectivity index (χ1v) is 3.90. The summed E-state index contributed by atoms with van der Waals surface area (Å²) in [4.78, 5) is 0. The zero-order valence-corrected chi connectivity index (χ0v) is 7.67. The van der Waals surface area contributed by atoms with Gasteiger partial charge in [-0.25, -0.2) is 0 Å². The quantitative estimate of drug-likeness (QED) is 0.186. The molecule has 0 rings (SSSR count). The predicted octanol–water partition coefficient (Wildman–Crippen LogP) is 0.535. The first kappa shape index (κ1) is 11.0. The Morgan fingerprint density at radius 1 is 1.75 bits per heavy atom. The van der Waals surface area contributed by atoms with E-state index in [0.29, 0.717) is 6.54 Å². The summed E-state index contributed by atoms with van der Waals surface area (Å²) in [6.45, 7) is 9.04. The summed E-state index contributed by atoms with van der Waals surface area (Å²) in [5.41, 5.74) is 6.44. The van der Waals surface area contributed by atoms with Gasteiger partial charge >= 0.3 is 0 Å².